The SMILES string of the molecule is CC[C@@]1(c2cnn(C)c2)NC(=O)N(CC(=O)Nc2ccc(Cl)cc2Cl)C1=O. The molecule has 3 rings (SSSR count). The number of carbonyl (C=O) groups is 3. The first-order chi connectivity index (χ1) is 12.8. The summed E-state index contributed by atoms with van der Waals surface area (Å²) in [5.41, 5.74) is -0.328. The van der Waals surface area contributed by atoms with Crippen LogP contribution in [0.3, 0.4) is 0 Å². The number of imide groups is 1. The maximum absolute atomic E-state index is 13.0. The van der Waals surface area contributed by atoms with Gasteiger partial charge in [-0.05, 0) is 24.6 Å². The third-order valence-corrected chi connectivity index (χ3v) is 4.96. The molecule has 142 valence electrons. The minimum absolute atomic E-state index is 0.256. The van der Waals surface area contributed by atoms with Gasteiger partial charge in [-0.15, -0.1) is 0 Å². The average molecular weight is 410 g/mol. The quantitative estimate of drug-likeness (QED) is 0.741. The van der Waals surface area contributed by atoms with Crippen LogP contribution in [0.2, 0.25) is 10.0 Å². The van der Waals surface area contributed by atoms with Crippen molar-refractivity contribution >= 4 is 46.7 Å². The standard InChI is InChI=1S/C17H17Cl2N5O3/c1-3-17(10-7-20-23(2)8-10)15(26)24(16(27)22-17)9-14(25)21-13-5-4-11(18)6-12(13)19/h4-8H,3,9H2,1-2H3,(H,21,25)(H,22,27)/t17-/m0/s1. The zero-order valence-electron chi connectivity index (χ0n) is 14.6. The Labute approximate surface area is 165 Å². The van der Waals surface area contributed by atoms with Crippen LogP contribution in [0.25, 0.3) is 0 Å². The fourth-order valence-corrected chi connectivity index (χ4v) is 3.43. The highest BCUT2D eigenvalue weighted by Crippen LogP contribution is 2.32. The number of carbonyl (C=O) groups excluding carboxylic acids is 3. The molecule has 0 spiro atoms. The molecule has 27 heavy (non-hydrogen) atoms. The molecule has 1 fully saturated rings. The van der Waals surface area contributed by atoms with E-state index >= 15 is 0 Å². The fraction of sp³-hybridized carbons (Fsp3) is 0.294. The molecule has 2 aromatic rings. The van der Waals surface area contributed by atoms with Gasteiger partial charge in [0.15, 0.2) is 0 Å². The molecule has 1 saturated heterocycles. The number of nitrogens with one attached hydrogen (secondary N) is 2. The highest BCUT2D eigenvalue weighted by atomic mass is 35.5. The van der Waals surface area contributed by atoms with Crippen molar-refractivity contribution in [3.63, 3.8) is 0 Å². The lowest BCUT2D eigenvalue weighted by molar-refractivity contribution is -0.134. The molecule has 1 aliphatic heterocycles. The first kappa shape index (κ1) is 19.2. The molecule has 1 atom stereocenters. The maximum atomic E-state index is 13.0. The smallest absolute Gasteiger partial charge is 0.323 e. The van der Waals surface area contributed by atoms with Crippen molar-refractivity contribution in [1.29, 1.82) is 0 Å². The summed E-state index contributed by atoms with van der Waals surface area (Å²) in [6, 6.07) is 3.96. The van der Waals surface area contributed by atoms with E-state index in [1.165, 1.54) is 12.3 Å². The second-order valence-corrected chi connectivity index (χ2v) is 7.00. The Kier molecular flexibility index (Phi) is 5.12. The first-order valence-corrected chi connectivity index (χ1v) is 8.90. The number of rotatable bonds is 5. The van der Waals surface area contributed by atoms with Gasteiger partial charge in [-0.3, -0.25) is 19.2 Å². The summed E-state index contributed by atoms with van der Waals surface area (Å²) in [4.78, 5) is 38.6. The van der Waals surface area contributed by atoms with E-state index in [9.17, 15) is 14.4 Å². The van der Waals surface area contributed by atoms with Crippen molar-refractivity contribution in [2.24, 2.45) is 7.05 Å². The van der Waals surface area contributed by atoms with Crippen LogP contribution in [-0.2, 0) is 22.2 Å². The Morgan fingerprint density at radius 1 is 1.33 bits per heavy atom. The van der Waals surface area contributed by atoms with Crippen LogP contribution >= 0.6 is 23.2 Å². The topological polar surface area (TPSA) is 96.3 Å². The molecule has 0 unspecified atom stereocenters. The van der Waals surface area contributed by atoms with E-state index in [1.807, 2.05) is 0 Å². The van der Waals surface area contributed by atoms with Gasteiger partial charge in [0.25, 0.3) is 5.91 Å². The van der Waals surface area contributed by atoms with Crippen molar-refractivity contribution in [2.75, 3.05) is 11.9 Å². The zero-order chi connectivity index (χ0) is 19.8. The number of hydrogen-bond acceptors (Lipinski definition) is 4. The van der Waals surface area contributed by atoms with Gasteiger partial charge in [0.05, 0.1) is 16.9 Å². The van der Waals surface area contributed by atoms with Gasteiger partial charge in [0, 0.05) is 23.8 Å². The number of hydrogen-bond donors (Lipinski definition) is 2. The van der Waals surface area contributed by atoms with Crippen molar-refractivity contribution in [3.8, 4) is 0 Å². The lowest BCUT2D eigenvalue weighted by Crippen LogP contribution is -2.44. The third-order valence-electron chi connectivity index (χ3n) is 4.41. The molecule has 0 saturated carbocycles. The van der Waals surface area contributed by atoms with E-state index in [0.29, 0.717) is 22.7 Å². The van der Waals surface area contributed by atoms with Crippen molar-refractivity contribution in [1.82, 2.24) is 20.0 Å². The Morgan fingerprint density at radius 2 is 2.07 bits per heavy atom. The van der Waals surface area contributed by atoms with E-state index in [4.69, 9.17) is 23.2 Å². The molecule has 1 aromatic carbocycles. The largest absolute Gasteiger partial charge is 0.325 e. The molecular formula is C17H17Cl2N5O3. The lowest BCUT2D eigenvalue weighted by Gasteiger charge is -2.23. The molecular weight excluding hydrogens is 393 g/mol. The summed E-state index contributed by atoms with van der Waals surface area (Å²) in [5.74, 6) is -1.05. The van der Waals surface area contributed by atoms with Gasteiger partial charge in [-0.25, -0.2) is 4.79 Å². The maximum Gasteiger partial charge on any atom is 0.325 e. The van der Waals surface area contributed by atoms with Crippen molar-refractivity contribution in [3.05, 3.63) is 46.2 Å². The number of amides is 4. The summed E-state index contributed by atoms with van der Waals surface area (Å²) in [7, 11) is 1.72. The van der Waals surface area contributed by atoms with Gasteiger partial charge in [0.2, 0.25) is 5.91 Å². The van der Waals surface area contributed by atoms with E-state index in [1.54, 1.807) is 37.0 Å². The Hall–Kier alpha value is -2.58. The van der Waals surface area contributed by atoms with Crippen LogP contribution in [0.5, 0.6) is 0 Å². The van der Waals surface area contributed by atoms with Crippen LogP contribution < -0.4 is 10.6 Å². The second kappa shape index (κ2) is 7.21. The van der Waals surface area contributed by atoms with Crippen LogP contribution in [-0.4, -0.2) is 39.1 Å². The average Bonchev–Trinajstić information content (AvgIpc) is 3.15. The highest BCUT2D eigenvalue weighted by molar-refractivity contribution is 6.36. The van der Waals surface area contributed by atoms with Crippen LogP contribution in [0.4, 0.5) is 10.5 Å². The number of aromatic nitrogens is 2. The monoisotopic (exact) mass is 409 g/mol. The van der Waals surface area contributed by atoms with Gasteiger partial charge in [-0.1, -0.05) is 30.1 Å². The number of nitrogens with zero attached hydrogens (tertiary/aromatic N) is 3. The van der Waals surface area contributed by atoms with Gasteiger partial charge in [-0.2, -0.15) is 5.10 Å². The minimum atomic E-state index is -1.23. The lowest BCUT2D eigenvalue weighted by atomic mass is 9.89. The normalized spacial score (nSPS) is 19.3. The van der Waals surface area contributed by atoms with Crippen molar-refractivity contribution in [2.45, 2.75) is 18.9 Å². The van der Waals surface area contributed by atoms with E-state index in [-0.39, 0.29) is 5.02 Å². The molecule has 8 nitrogen and oxygen atoms in total. The summed E-state index contributed by atoms with van der Waals surface area (Å²) >= 11 is 11.9. The second-order valence-electron chi connectivity index (χ2n) is 6.16. The highest BCUT2D eigenvalue weighted by Gasteiger charge is 2.52. The van der Waals surface area contributed by atoms with E-state index < -0.39 is 29.9 Å². The molecule has 0 radical (unpaired) electrons. The minimum Gasteiger partial charge on any atom is -0.323 e. The number of urea groups is 1. The van der Waals surface area contributed by atoms with Crippen molar-refractivity contribution < 1.29 is 14.4 Å². The van der Waals surface area contributed by atoms with Crippen LogP contribution in [0, 0.1) is 0 Å². The Balaban J connectivity index is 1.78. The predicted octanol–water partition coefficient (Wildman–Crippen LogP) is 2.52. The van der Waals surface area contributed by atoms with Crippen LogP contribution in [0.15, 0.2) is 30.6 Å². The molecule has 0 bridgehead atoms. The van der Waals surface area contributed by atoms with E-state index in [0.717, 1.165) is 4.90 Å². The number of aryl methyl sites for hydroxylation is 1. The van der Waals surface area contributed by atoms with Crippen LogP contribution in [0.1, 0.15) is 18.9 Å². The summed E-state index contributed by atoms with van der Waals surface area (Å²) < 4.78 is 1.55. The molecule has 10 heteroatoms. The Bertz CT molecular complexity index is 929. The molecule has 1 aromatic heterocycles. The van der Waals surface area contributed by atoms with Gasteiger partial charge < -0.3 is 10.6 Å². The molecule has 4 amide bonds. The number of benzene rings is 1. The fourth-order valence-electron chi connectivity index (χ4n) is 2.97. The molecule has 1 aliphatic rings. The summed E-state index contributed by atoms with van der Waals surface area (Å²) in [6.07, 6.45) is 3.52. The van der Waals surface area contributed by atoms with Gasteiger partial charge in [0.1, 0.15) is 12.1 Å². The van der Waals surface area contributed by atoms with Gasteiger partial charge >= 0.3 is 6.03 Å². The summed E-state index contributed by atoms with van der Waals surface area (Å²) in [6.45, 7) is 1.34. The molecule has 2 N–H and O–H groups in total. The van der Waals surface area contributed by atoms with E-state index in [2.05, 4.69) is 15.7 Å². The molecule has 0 aliphatic carbocycles. The third kappa shape index (κ3) is 3.50. The predicted molar refractivity (Wildman–Crippen MR) is 101 cm³/mol. The molecule has 2 heterocycles. The number of anilines is 1. The Morgan fingerprint density at radius 3 is 2.67 bits per heavy atom. The summed E-state index contributed by atoms with van der Waals surface area (Å²) in [5, 5.41) is 10.0. The first-order valence-electron chi connectivity index (χ1n) is 8.15. The zero-order valence-corrected chi connectivity index (χ0v) is 16.1. The number of halogens is 2.